The fourth-order valence-electron chi connectivity index (χ4n) is 4.24. The number of hydrogen-bond donors (Lipinski definition) is 3. The smallest absolute Gasteiger partial charge is 0.413 e. The zero-order valence-corrected chi connectivity index (χ0v) is 20.1. The average Bonchev–Trinajstić information content (AvgIpc) is 3.41. The van der Waals surface area contributed by atoms with Crippen molar-refractivity contribution in [3.8, 4) is 11.1 Å². The van der Waals surface area contributed by atoms with Crippen LogP contribution < -0.4 is 10.6 Å². The predicted molar refractivity (Wildman–Crippen MR) is 134 cm³/mol. The maximum absolute atomic E-state index is 12.4. The van der Waals surface area contributed by atoms with Crippen LogP contribution in [0.1, 0.15) is 48.9 Å². The Balaban J connectivity index is 1.30. The van der Waals surface area contributed by atoms with Gasteiger partial charge < -0.3 is 15.2 Å². The molecule has 4 rings (SSSR count). The molecule has 1 aliphatic carbocycles. The number of carbonyl (C=O) groups excluding carboxylic acids is 2. The van der Waals surface area contributed by atoms with Crippen LogP contribution in [0, 0.1) is 0 Å². The Morgan fingerprint density at radius 3 is 2.37 bits per heavy atom. The van der Waals surface area contributed by atoms with E-state index >= 15 is 0 Å². The van der Waals surface area contributed by atoms with Gasteiger partial charge in [0.15, 0.2) is 5.13 Å². The van der Waals surface area contributed by atoms with Crippen molar-refractivity contribution in [3.63, 3.8) is 0 Å². The van der Waals surface area contributed by atoms with Crippen molar-refractivity contribution in [2.45, 2.75) is 44.6 Å². The van der Waals surface area contributed by atoms with E-state index in [1.54, 1.807) is 5.38 Å². The fourth-order valence-corrected chi connectivity index (χ4v) is 4.94. The van der Waals surface area contributed by atoms with Gasteiger partial charge in [0.2, 0.25) is 5.91 Å². The number of aliphatic carboxylic acids is 1. The summed E-state index contributed by atoms with van der Waals surface area (Å²) in [5.74, 6) is -1.52. The molecule has 3 aromatic rings. The van der Waals surface area contributed by atoms with Crippen LogP contribution in [-0.2, 0) is 20.7 Å². The van der Waals surface area contributed by atoms with Crippen molar-refractivity contribution < 1.29 is 24.2 Å². The summed E-state index contributed by atoms with van der Waals surface area (Å²) in [6.45, 7) is 2.15. The van der Waals surface area contributed by atoms with Gasteiger partial charge in [0.25, 0.3) is 0 Å². The van der Waals surface area contributed by atoms with Gasteiger partial charge in [-0.25, -0.2) is 14.6 Å². The highest BCUT2D eigenvalue weighted by Crippen LogP contribution is 2.44. The van der Waals surface area contributed by atoms with E-state index in [-0.39, 0.29) is 18.9 Å². The molecule has 1 heterocycles. The summed E-state index contributed by atoms with van der Waals surface area (Å²) in [5, 5.41) is 16.4. The van der Waals surface area contributed by atoms with Gasteiger partial charge in [-0.15, -0.1) is 11.3 Å². The lowest BCUT2D eigenvalue weighted by Crippen LogP contribution is -2.41. The van der Waals surface area contributed by atoms with E-state index in [0.29, 0.717) is 23.7 Å². The third-order valence-corrected chi connectivity index (χ3v) is 6.73. The van der Waals surface area contributed by atoms with Crippen molar-refractivity contribution in [3.05, 3.63) is 70.7 Å². The van der Waals surface area contributed by atoms with Crippen LogP contribution in [-0.4, -0.2) is 40.7 Å². The van der Waals surface area contributed by atoms with Gasteiger partial charge in [-0.1, -0.05) is 68.3 Å². The van der Waals surface area contributed by atoms with Gasteiger partial charge in [0.05, 0.1) is 12.1 Å². The van der Waals surface area contributed by atoms with Crippen molar-refractivity contribution in [2.75, 3.05) is 11.9 Å². The topological polar surface area (TPSA) is 118 Å². The molecule has 0 bridgehead atoms. The minimum atomic E-state index is -1.05. The molecule has 0 aliphatic heterocycles. The fraction of sp³-hybridized carbons (Fsp3) is 0.308. The second-order valence-corrected chi connectivity index (χ2v) is 9.23. The molecule has 0 saturated heterocycles. The summed E-state index contributed by atoms with van der Waals surface area (Å²) in [5.41, 5.74) is 5.01. The number of benzene rings is 2. The minimum Gasteiger partial charge on any atom is -0.480 e. The number of ether oxygens (including phenoxy) is 1. The van der Waals surface area contributed by atoms with Crippen LogP contribution >= 0.6 is 11.3 Å². The van der Waals surface area contributed by atoms with E-state index in [9.17, 15) is 19.5 Å². The molecule has 2 amide bonds. The van der Waals surface area contributed by atoms with E-state index in [1.165, 1.54) is 11.3 Å². The summed E-state index contributed by atoms with van der Waals surface area (Å²) in [7, 11) is 0. The number of aromatic nitrogens is 1. The molecular formula is C26H27N3O5S. The molecule has 2 aromatic carbocycles. The van der Waals surface area contributed by atoms with Crippen LogP contribution in [0.4, 0.5) is 9.93 Å². The number of anilines is 1. The van der Waals surface area contributed by atoms with Gasteiger partial charge in [-0.3, -0.25) is 10.1 Å². The molecule has 9 heteroatoms. The van der Waals surface area contributed by atoms with Gasteiger partial charge in [-0.05, 0) is 28.7 Å². The van der Waals surface area contributed by atoms with E-state index in [4.69, 9.17) is 4.74 Å². The van der Waals surface area contributed by atoms with Gasteiger partial charge in [0, 0.05) is 11.3 Å². The summed E-state index contributed by atoms with van der Waals surface area (Å²) in [6.07, 6.45) is 1.24. The normalized spacial score (nSPS) is 12.9. The van der Waals surface area contributed by atoms with E-state index in [2.05, 4.69) is 39.9 Å². The lowest BCUT2D eigenvalue weighted by Gasteiger charge is -2.14. The molecule has 1 aromatic heterocycles. The molecule has 0 spiro atoms. The number of carbonyl (C=O) groups is 3. The summed E-state index contributed by atoms with van der Waals surface area (Å²) in [6, 6.07) is 15.3. The first-order valence-electron chi connectivity index (χ1n) is 11.5. The number of rotatable bonds is 10. The number of amides is 2. The number of hydrogen-bond acceptors (Lipinski definition) is 6. The van der Waals surface area contributed by atoms with Crippen LogP contribution in [0.3, 0.4) is 0 Å². The van der Waals surface area contributed by atoms with Crippen molar-refractivity contribution in [2.24, 2.45) is 0 Å². The van der Waals surface area contributed by atoms with Crippen LogP contribution in [0.5, 0.6) is 0 Å². The van der Waals surface area contributed by atoms with Gasteiger partial charge in [-0.2, -0.15) is 0 Å². The largest absolute Gasteiger partial charge is 0.480 e. The maximum Gasteiger partial charge on any atom is 0.413 e. The Labute approximate surface area is 207 Å². The van der Waals surface area contributed by atoms with Crippen molar-refractivity contribution >= 4 is 34.4 Å². The number of nitrogens with one attached hydrogen (secondary N) is 2. The number of nitrogens with zero attached hydrogens (tertiary/aromatic N) is 1. The summed E-state index contributed by atoms with van der Waals surface area (Å²) >= 11 is 1.17. The molecule has 8 nitrogen and oxygen atoms in total. The lowest BCUT2D eigenvalue weighted by molar-refractivity contribution is -0.142. The Kier molecular flexibility index (Phi) is 7.77. The molecular weight excluding hydrogens is 466 g/mol. The zero-order valence-electron chi connectivity index (χ0n) is 19.3. The third-order valence-electron chi connectivity index (χ3n) is 5.93. The first kappa shape index (κ1) is 24.4. The Hall–Kier alpha value is -3.72. The summed E-state index contributed by atoms with van der Waals surface area (Å²) < 4.78 is 5.52. The lowest BCUT2D eigenvalue weighted by atomic mass is 9.98. The van der Waals surface area contributed by atoms with E-state index in [1.807, 2.05) is 31.2 Å². The molecule has 0 unspecified atom stereocenters. The van der Waals surface area contributed by atoms with Gasteiger partial charge >= 0.3 is 12.1 Å². The quantitative estimate of drug-likeness (QED) is 0.373. The Morgan fingerprint density at radius 2 is 1.74 bits per heavy atom. The maximum atomic E-state index is 12.4. The van der Waals surface area contributed by atoms with Gasteiger partial charge in [0.1, 0.15) is 12.6 Å². The monoisotopic (exact) mass is 493 g/mol. The number of thiazole rings is 1. The molecule has 1 aliphatic rings. The number of carboxylic acid groups (broad SMARTS) is 1. The highest BCUT2D eigenvalue weighted by Gasteiger charge is 2.29. The SMILES string of the molecule is CCCC[C@H](NC(=O)Cc1csc(NC(=O)OCC2c3ccccc3-c3ccccc32)n1)C(=O)O. The molecule has 0 fully saturated rings. The molecule has 1 atom stereocenters. The highest BCUT2D eigenvalue weighted by atomic mass is 32.1. The van der Waals surface area contributed by atoms with E-state index in [0.717, 1.165) is 28.7 Å². The van der Waals surface area contributed by atoms with Crippen molar-refractivity contribution in [1.29, 1.82) is 0 Å². The minimum absolute atomic E-state index is 0.0430. The Bertz CT molecular complexity index is 1180. The molecule has 3 N–H and O–H groups in total. The van der Waals surface area contributed by atoms with E-state index < -0.39 is 24.0 Å². The number of carboxylic acids is 1. The first-order valence-corrected chi connectivity index (χ1v) is 12.4. The number of fused-ring (bicyclic) bond motifs is 3. The zero-order chi connectivity index (χ0) is 24.8. The number of unbranched alkanes of at least 4 members (excludes halogenated alkanes) is 1. The first-order chi connectivity index (χ1) is 17.0. The highest BCUT2D eigenvalue weighted by molar-refractivity contribution is 7.13. The van der Waals surface area contributed by atoms with Crippen molar-refractivity contribution in [1.82, 2.24) is 10.3 Å². The van der Waals surface area contributed by atoms with Crippen LogP contribution in [0.25, 0.3) is 11.1 Å². The van der Waals surface area contributed by atoms with Crippen LogP contribution in [0.2, 0.25) is 0 Å². The Morgan fingerprint density at radius 1 is 1.09 bits per heavy atom. The molecule has 182 valence electrons. The second kappa shape index (κ2) is 11.1. The predicted octanol–water partition coefficient (Wildman–Crippen LogP) is 4.81. The van der Waals surface area contributed by atoms with Crippen LogP contribution in [0.15, 0.2) is 53.9 Å². The average molecular weight is 494 g/mol. The second-order valence-electron chi connectivity index (χ2n) is 8.37. The third kappa shape index (κ3) is 5.86. The standard InChI is InChI=1S/C26H27N3O5S/c1-2-3-12-22(24(31)32)28-23(30)13-16-15-35-25(27-16)29-26(33)34-14-21-19-10-6-4-8-17(19)18-9-5-7-11-20(18)21/h4-11,15,21-22H,2-3,12-14H2,1H3,(H,28,30)(H,31,32)(H,27,29,33)/t22-/m0/s1. The molecule has 35 heavy (non-hydrogen) atoms. The molecule has 0 radical (unpaired) electrons. The molecule has 0 saturated carbocycles. The summed E-state index contributed by atoms with van der Waals surface area (Å²) in [4.78, 5) is 40.3.